The van der Waals surface area contributed by atoms with Crippen LogP contribution in [0.15, 0.2) is 36.7 Å². The number of aromatic amines is 1. The van der Waals surface area contributed by atoms with Gasteiger partial charge in [0.05, 0.1) is 12.7 Å². The Morgan fingerprint density at radius 3 is 2.65 bits per heavy atom. The zero-order valence-electron chi connectivity index (χ0n) is 9.64. The molecule has 0 unspecified atom stereocenters. The molecule has 1 aromatic carbocycles. The summed E-state index contributed by atoms with van der Waals surface area (Å²) in [5.74, 6) is 0.671. The van der Waals surface area contributed by atoms with Crippen LogP contribution >= 0.6 is 0 Å². The van der Waals surface area contributed by atoms with Gasteiger partial charge in [0.15, 0.2) is 0 Å². The summed E-state index contributed by atoms with van der Waals surface area (Å²) in [6.45, 7) is 0. The molecular weight excluding hydrogens is 216 g/mol. The molecule has 0 aliphatic rings. The highest BCUT2D eigenvalue weighted by molar-refractivity contribution is 5.89. The summed E-state index contributed by atoms with van der Waals surface area (Å²) < 4.78 is 4.64. The zero-order chi connectivity index (χ0) is 12.1. The van der Waals surface area contributed by atoms with E-state index in [1.54, 1.807) is 18.3 Å². The van der Waals surface area contributed by atoms with Crippen molar-refractivity contribution in [2.24, 2.45) is 0 Å². The Kier molecular flexibility index (Phi) is 3.55. The predicted octanol–water partition coefficient (Wildman–Crippen LogP) is 1.98. The van der Waals surface area contributed by atoms with Gasteiger partial charge in [-0.15, -0.1) is 0 Å². The highest BCUT2D eigenvalue weighted by Gasteiger charge is 2.04. The molecule has 1 N–H and O–H groups in total. The number of carbonyl (C=O) groups excluding carboxylic acids is 1. The molecule has 4 heteroatoms. The largest absolute Gasteiger partial charge is 0.465 e. The second-order valence-corrected chi connectivity index (χ2v) is 3.72. The number of esters is 1. The molecule has 0 spiro atoms. The van der Waals surface area contributed by atoms with Crippen LogP contribution in [0.1, 0.15) is 21.7 Å². The third-order valence-electron chi connectivity index (χ3n) is 2.58. The molecular formula is C13H14N2O2. The van der Waals surface area contributed by atoms with E-state index in [0.29, 0.717) is 5.56 Å². The highest BCUT2D eigenvalue weighted by Crippen LogP contribution is 2.08. The molecule has 0 saturated carbocycles. The molecule has 0 atom stereocenters. The SMILES string of the molecule is COC(=O)c1ccc(CCc2ncc[nH]2)cc1. The minimum Gasteiger partial charge on any atom is -0.465 e. The van der Waals surface area contributed by atoms with Gasteiger partial charge in [-0.2, -0.15) is 0 Å². The van der Waals surface area contributed by atoms with Crippen molar-refractivity contribution in [2.75, 3.05) is 7.11 Å². The minimum absolute atomic E-state index is 0.303. The maximum Gasteiger partial charge on any atom is 0.337 e. The Labute approximate surface area is 99.7 Å². The molecule has 0 radical (unpaired) electrons. The molecule has 0 fully saturated rings. The first-order valence-corrected chi connectivity index (χ1v) is 5.45. The molecule has 1 aromatic heterocycles. The lowest BCUT2D eigenvalue weighted by atomic mass is 10.1. The number of benzene rings is 1. The summed E-state index contributed by atoms with van der Waals surface area (Å²) in [5, 5.41) is 0. The van der Waals surface area contributed by atoms with E-state index in [2.05, 4.69) is 14.7 Å². The standard InChI is InChI=1S/C13H14N2O2/c1-17-13(16)11-5-2-10(3-6-11)4-7-12-14-8-9-15-12/h2-3,5-6,8-9H,4,7H2,1H3,(H,14,15). The normalized spacial score (nSPS) is 10.2. The van der Waals surface area contributed by atoms with Gasteiger partial charge in [-0.3, -0.25) is 0 Å². The van der Waals surface area contributed by atoms with Crippen molar-refractivity contribution in [3.63, 3.8) is 0 Å². The lowest BCUT2D eigenvalue weighted by Crippen LogP contribution is -2.01. The summed E-state index contributed by atoms with van der Waals surface area (Å²) in [4.78, 5) is 18.5. The number of hydrogen-bond donors (Lipinski definition) is 1. The minimum atomic E-state index is -0.303. The van der Waals surface area contributed by atoms with Crippen molar-refractivity contribution in [2.45, 2.75) is 12.8 Å². The number of hydrogen-bond acceptors (Lipinski definition) is 3. The number of nitrogens with zero attached hydrogens (tertiary/aromatic N) is 1. The van der Waals surface area contributed by atoms with Crippen LogP contribution in [0, 0.1) is 0 Å². The first-order chi connectivity index (χ1) is 8.29. The van der Waals surface area contributed by atoms with E-state index in [9.17, 15) is 4.79 Å². The Hall–Kier alpha value is -2.10. The van der Waals surface area contributed by atoms with Crippen molar-refractivity contribution in [1.29, 1.82) is 0 Å². The summed E-state index contributed by atoms with van der Waals surface area (Å²) in [5.41, 5.74) is 1.75. The molecule has 0 bridgehead atoms. The Bertz CT molecular complexity index is 475. The number of imidazole rings is 1. The molecule has 1 heterocycles. The predicted molar refractivity (Wildman–Crippen MR) is 63.8 cm³/mol. The summed E-state index contributed by atoms with van der Waals surface area (Å²) in [6, 6.07) is 7.44. The van der Waals surface area contributed by atoms with Gasteiger partial charge < -0.3 is 9.72 Å². The number of aromatic nitrogens is 2. The number of H-pyrrole nitrogens is 1. The van der Waals surface area contributed by atoms with E-state index < -0.39 is 0 Å². The fourth-order valence-corrected chi connectivity index (χ4v) is 1.62. The quantitative estimate of drug-likeness (QED) is 0.817. The molecule has 0 amide bonds. The van der Waals surface area contributed by atoms with Gasteiger partial charge in [0, 0.05) is 18.8 Å². The lowest BCUT2D eigenvalue weighted by Gasteiger charge is -2.02. The molecule has 17 heavy (non-hydrogen) atoms. The monoisotopic (exact) mass is 230 g/mol. The van der Waals surface area contributed by atoms with Crippen molar-refractivity contribution < 1.29 is 9.53 Å². The maximum atomic E-state index is 11.2. The van der Waals surface area contributed by atoms with Gasteiger partial charge in [0.1, 0.15) is 5.82 Å². The van der Waals surface area contributed by atoms with Crippen LogP contribution in [-0.2, 0) is 17.6 Å². The highest BCUT2D eigenvalue weighted by atomic mass is 16.5. The number of rotatable bonds is 4. The van der Waals surface area contributed by atoms with Crippen molar-refractivity contribution in [1.82, 2.24) is 9.97 Å². The second kappa shape index (κ2) is 5.30. The van der Waals surface area contributed by atoms with Crippen molar-refractivity contribution in [3.05, 3.63) is 53.6 Å². The maximum absolute atomic E-state index is 11.2. The summed E-state index contributed by atoms with van der Waals surface area (Å²) >= 11 is 0. The smallest absolute Gasteiger partial charge is 0.337 e. The van der Waals surface area contributed by atoms with Crippen LogP contribution in [-0.4, -0.2) is 23.0 Å². The van der Waals surface area contributed by atoms with Gasteiger partial charge in [-0.1, -0.05) is 12.1 Å². The number of ether oxygens (including phenoxy) is 1. The van der Waals surface area contributed by atoms with Gasteiger partial charge in [0.25, 0.3) is 0 Å². The molecule has 2 aromatic rings. The number of carbonyl (C=O) groups is 1. The van der Waals surface area contributed by atoms with Crippen LogP contribution in [0.5, 0.6) is 0 Å². The van der Waals surface area contributed by atoms with Crippen LogP contribution in [0.3, 0.4) is 0 Å². The Balaban J connectivity index is 1.96. The van der Waals surface area contributed by atoms with Crippen LogP contribution in [0.25, 0.3) is 0 Å². The Morgan fingerprint density at radius 2 is 2.06 bits per heavy atom. The molecule has 88 valence electrons. The first kappa shape index (κ1) is 11.4. The average Bonchev–Trinajstić information content (AvgIpc) is 2.89. The third-order valence-corrected chi connectivity index (χ3v) is 2.58. The van der Waals surface area contributed by atoms with Crippen molar-refractivity contribution in [3.8, 4) is 0 Å². The topological polar surface area (TPSA) is 55.0 Å². The fourth-order valence-electron chi connectivity index (χ4n) is 1.62. The molecule has 2 rings (SSSR count). The van der Waals surface area contributed by atoms with E-state index >= 15 is 0 Å². The summed E-state index contributed by atoms with van der Waals surface area (Å²) in [7, 11) is 1.38. The number of nitrogens with one attached hydrogen (secondary N) is 1. The van der Waals surface area contributed by atoms with Gasteiger partial charge >= 0.3 is 5.97 Å². The second-order valence-electron chi connectivity index (χ2n) is 3.72. The average molecular weight is 230 g/mol. The van der Waals surface area contributed by atoms with Crippen LogP contribution in [0.2, 0.25) is 0 Å². The van der Waals surface area contributed by atoms with E-state index in [1.165, 1.54) is 12.7 Å². The van der Waals surface area contributed by atoms with Gasteiger partial charge in [-0.25, -0.2) is 9.78 Å². The van der Waals surface area contributed by atoms with Gasteiger partial charge in [-0.05, 0) is 24.1 Å². The summed E-state index contributed by atoms with van der Waals surface area (Å²) in [6.07, 6.45) is 5.32. The molecule has 0 saturated heterocycles. The van der Waals surface area contributed by atoms with Crippen LogP contribution in [0.4, 0.5) is 0 Å². The molecule has 0 aliphatic carbocycles. The van der Waals surface area contributed by atoms with E-state index in [-0.39, 0.29) is 5.97 Å². The number of aryl methyl sites for hydroxylation is 2. The number of methoxy groups -OCH3 is 1. The van der Waals surface area contributed by atoms with E-state index in [0.717, 1.165) is 18.7 Å². The Morgan fingerprint density at radius 1 is 1.29 bits per heavy atom. The van der Waals surface area contributed by atoms with Crippen LogP contribution < -0.4 is 0 Å². The zero-order valence-corrected chi connectivity index (χ0v) is 9.64. The van der Waals surface area contributed by atoms with Gasteiger partial charge in [0.2, 0.25) is 0 Å². The third kappa shape index (κ3) is 2.93. The molecule has 0 aliphatic heterocycles. The first-order valence-electron chi connectivity index (χ1n) is 5.45. The molecule has 4 nitrogen and oxygen atoms in total. The van der Waals surface area contributed by atoms with Crippen molar-refractivity contribution >= 4 is 5.97 Å². The van der Waals surface area contributed by atoms with E-state index in [1.807, 2.05) is 18.3 Å². The lowest BCUT2D eigenvalue weighted by molar-refractivity contribution is 0.0600. The van der Waals surface area contributed by atoms with E-state index in [4.69, 9.17) is 0 Å². The fraction of sp³-hybridized carbons (Fsp3) is 0.231.